The highest BCUT2D eigenvalue weighted by atomic mass is 16.2. The lowest BCUT2D eigenvalue weighted by molar-refractivity contribution is -0.159. The zero-order chi connectivity index (χ0) is 26.5. The smallest absolute Gasteiger partial charge is 0.224 e. The molecule has 1 heterocycles. The Morgan fingerprint density at radius 2 is 1.58 bits per heavy atom. The van der Waals surface area contributed by atoms with Crippen LogP contribution in [0.15, 0.2) is 60.7 Å². The van der Waals surface area contributed by atoms with Crippen LogP contribution in [-0.4, -0.2) is 29.8 Å². The molecule has 2 unspecified atom stereocenters. The van der Waals surface area contributed by atoms with E-state index < -0.39 is 0 Å². The standard InChI is InChI=1S/C34H44N2O2/c1-33-20-18-27-25(14-17-30-34(27,2)21-19-31(37)36(30)3)26(33)15-16-28(33)32(38)35-29(24-12-8-5-9-13-24)22-23-10-6-4-7-11-23/h4-13,25-30H,14-22H2,1-3H3,(H,35,38)/t25-,26-,27+,28?,29+,30?,33-,34+/m0/s1. The van der Waals surface area contributed by atoms with Gasteiger partial charge in [-0.25, -0.2) is 0 Å². The van der Waals surface area contributed by atoms with Crippen LogP contribution in [0.1, 0.15) is 82.4 Å². The molecule has 2 aromatic rings. The number of rotatable bonds is 5. The number of likely N-dealkylation sites (tertiary alicyclic amines) is 1. The van der Waals surface area contributed by atoms with Gasteiger partial charge in [-0.3, -0.25) is 9.59 Å². The number of hydrogen-bond donors (Lipinski definition) is 1. The molecule has 3 saturated carbocycles. The van der Waals surface area contributed by atoms with Crippen LogP contribution in [0.3, 0.4) is 0 Å². The molecular formula is C34H44N2O2. The van der Waals surface area contributed by atoms with Crippen molar-refractivity contribution in [1.82, 2.24) is 10.2 Å². The van der Waals surface area contributed by atoms with E-state index in [2.05, 4.69) is 72.6 Å². The highest BCUT2D eigenvalue weighted by Gasteiger charge is 2.62. The van der Waals surface area contributed by atoms with Gasteiger partial charge in [-0.15, -0.1) is 0 Å². The molecule has 6 rings (SSSR count). The van der Waals surface area contributed by atoms with E-state index in [1.54, 1.807) is 0 Å². The first-order valence-corrected chi connectivity index (χ1v) is 15.0. The van der Waals surface area contributed by atoms with Crippen LogP contribution >= 0.6 is 0 Å². The van der Waals surface area contributed by atoms with Crippen molar-refractivity contribution in [1.29, 1.82) is 0 Å². The van der Waals surface area contributed by atoms with E-state index in [1.165, 1.54) is 30.4 Å². The van der Waals surface area contributed by atoms with E-state index in [9.17, 15) is 9.59 Å². The Labute approximate surface area is 228 Å². The maximum atomic E-state index is 14.1. The van der Waals surface area contributed by atoms with Crippen molar-refractivity contribution in [3.05, 3.63) is 71.8 Å². The topological polar surface area (TPSA) is 49.4 Å². The number of carbonyl (C=O) groups excluding carboxylic acids is 2. The van der Waals surface area contributed by atoms with E-state index in [1.807, 2.05) is 19.2 Å². The summed E-state index contributed by atoms with van der Waals surface area (Å²) >= 11 is 0. The predicted octanol–water partition coefficient (Wildman–Crippen LogP) is 6.57. The van der Waals surface area contributed by atoms with Gasteiger partial charge in [0, 0.05) is 25.4 Å². The number of amides is 2. The molecule has 202 valence electrons. The summed E-state index contributed by atoms with van der Waals surface area (Å²) in [6.07, 6.45) is 9.36. The predicted molar refractivity (Wildman–Crippen MR) is 151 cm³/mol. The van der Waals surface area contributed by atoms with Gasteiger partial charge in [-0.2, -0.15) is 0 Å². The monoisotopic (exact) mass is 512 g/mol. The SMILES string of the molecule is CN1C(=O)CC[C@@]2(C)C1CC[C@@H]1[C@H]2CC[C@]2(C)C(C(=O)N[C@H](Cc3ccccc3)c3ccccc3)CC[C@@H]12. The maximum absolute atomic E-state index is 14.1. The van der Waals surface area contributed by atoms with Crippen molar-refractivity contribution < 1.29 is 9.59 Å². The largest absolute Gasteiger partial charge is 0.349 e. The molecule has 4 fully saturated rings. The minimum absolute atomic E-state index is 0.0187. The third-order valence-corrected chi connectivity index (χ3v) is 11.7. The number of hydrogen-bond acceptors (Lipinski definition) is 2. The van der Waals surface area contributed by atoms with Gasteiger partial charge in [-0.05, 0) is 91.1 Å². The Hall–Kier alpha value is -2.62. The van der Waals surface area contributed by atoms with Crippen molar-refractivity contribution in [3.8, 4) is 0 Å². The van der Waals surface area contributed by atoms with Gasteiger partial charge in [-0.1, -0.05) is 74.5 Å². The fourth-order valence-corrected chi connectivity index (χ4v) is 9.64. The molecule has 4 nitrogen and oxygen atoms in total. The average Bonchev–Trinajstić information content (AvgIpc) is 3.29. The van der Waals surface area contributed by atoms with Gasteiger partial charge in [0.2, 0.25) is 11.8 Å². The third kappa shape index (κ3) is 4.19. The van der Waals surface area contributed by atoms with Gasteiger partial charge < -0.3 is 10.2 Å². The Morgan fingerprint density at radius 3 is 2.32 bits per heavy atom. The Balaban J connectivity index is 1.21. The Bertz CT molecular complexity index is 1170. The van der Waals surface area contributed by atoms with E-state index in [-0.39, 0.29) is 28.7 Å². The number of fused-ring (bicyclic) bond motifs is 5. The molecule has 38 heavy (non-hydrogen) atoms. The fraction of sp³-hybridized carbons (Fsp3) is 0.588. The van der Waals surface area contributed by atoms with Crippen molar-refractivity contribution >= 4 is 11.8 Å². The molecule has 3 aliphatic carbocycles. The second-order valence-electron chi connectivity index (χ2n) is 13.3. The van der Waals surface area contributed by atoms with Gasteiger partial charge in [0.05, 0.1) is 6.04 Å². The van der Waals surface area contributed by atoms with Crippen molar-refractivity contribution in [2.75, 3.05) is 7.05 Å². The summed E-state index contributed by atoms with van der Waals surface area (Å²) in [5.41, 5.74) is 2.72. The molecule has 1 saturated heterocycles. The summed E-state index contributed by atoms with van der Waals surface area (Å²) in [4.78, 5) is 28.6. The first-order valence-electron chi connectivity index (χ1n) is 15.0. The van der Waals surface area contributed by atoms with Crippen LogP contribution in [0.5, 0.6) is 0 Å². The van der Waals surface area contributed by atoms with Gasteiger partial charge in [0.25, 0.3) is 0 Å². The van der Waals surface area contributed by atoms with Gasteiger partial charge in [0.1, 0.15) is 0 Å². The van der Waals surface area contributed by atoms with Crippen molar-refractivity contribution in [2.24, 2.45) is 34.5 Å². The molecule has 8 atom stereocenters. The summed E-state index contributed by atoms with van der Waals surface area (Å²) in [6.45, 7) is 4.91. The lowest BCUT2D eigenvalue weighted by atomic mass is 9.47. The van der Waals surface area contributed by atoms with Crippen molar-refractivity contribution in [2.45, 2.75) is 83.7 Å². The quantitative estimate of drug-likeness (QED) is 0.493. The Kier molecular flexibility index (Phi) is 6.64. The van der Waals surface area contributed by atoms with E-state index >= 15 is 0 Å². The second kappa shape index (κ2) is 9.84. The average molecular weight is 513 g/mol. The third-order valence-electron chi connectivity index (χ3n) is 11.7. The minimum Gasteiger partial charge on any atom is -0.349 e. The number of nitrogens with zero attached hydrogens (tertiary/aromatic N) is 1. The lowest BCUT2D eigenvalue weighted by Crippen LogP contribution is -2.61. The normalized spacial score (nSPS) is 37.1. The number of carbonyl (C=O) groups is 2. The molecule has 0 bridgehead atoms. The Morgan fingerprint density at radius 1 is 0.895 bits per heavy atom. The molecular weight excluding hydrogens is 468 g/mol. The summed E-state index contributed by atoms with van der Waals surface area (Å²) in [6, 6.07) is 21.4. The van der Waals surface area contributed by atoms with Crippen LogP contribution in [0.2, 0.25) is 0 Å². The van der Waals surface area contributed by atoms with Crippen molar-refractivity contribution in [3.63, 3.8) is 0 Å². The minimum atomic E-state index is -0.0187. The maximum Gasteiger partial charge on any atom is 0.224 e. The number of benzene rings is 2. The summed E-state index contributed by atoms with van der Waals surface area (Å²) in [5.74, 6) is 2.63. The zero-order valence-electron chi connectivity index (χ0n) is 23.4. The molecule has 4 aliphatic rings. The molecule has 0 spiro atoms. The molecule has 2 aromatic carbocycles. The van der Waals surface area contributed by atoms with Gasteiger partial charge >= 0.3 is 0 Å². The fourth-order valence-electron chi connectivity index (χ4n) is 9.64. The van der Waals surface area contributed by atoms with Crippen LogP contribution in [0, 0.1) is 34.5 Å². The summed E-state index contributed by atoms with van der Waals surface area (Å²) in [5, 5.41) is 3.53. The van der Waals surface area contributed by atoms with Crippen LogP contribution < -0.4 is 5.32 Å². The first-order chi connectivity index (χ1) is 18.3. The van der Waals surface area contributed by atoms with Crippen LogP contribution in [0.4, 0.5) is 0 Å². The van der Waals surface area contributed by atoms with E-state index in [0.717, 1.165) is 32.1 Å². The number of nitrogens with one attached hydrogen (secondary N) is 1. The molecule has 0 radical (unpaired) electrons. The first kappa shape index (κ1) is 25.6. The number of piperidine rings is 1. The highest BCUT2D eigenvalue weighted by molar-refractivity contribution is 5.80. The lowest BCUT2D eigenvalue weighted by Gasteiger charge is -2.61. The summed E-state index contributed by atoms with van der Waals surface area (Å²) in [7, 11) is 2.03. The zero-order valence-corrected chi connectivity index (χ0v) is 23.4. The van der Waals surface area contributed by atoms with Crippen LogP contribution in [0.25, 0.3) is 0 Å². The molecule has 4 heteroatoms. The van der Waals surface area contributed by atoms with Gasteiger partial charge in [0.15, 0.2) is 0 Å². The van der Waals surface area contributed by atoms with Crippen LogP contribution in [-0.2, 0) is 16.0 Å². The molecule has 1 N–H and O–H groups in total. The highest BCUT2D eigenvalue weighted by Crippen LogP contribution is 2.66. The second-order valence-corrected chi connectivity index (χ2v) is 13.3. The van der Waals surface area contributed by atoms with E-state index in [0.29, 0.717) is 36.1 Å². The molecule has 2 amide bonds. The molecule has 0 aromatic heterocycles. The van der Waals surface area contributed by atoms with E-state index in [4.69, 9.17) is 0 Å². The molecule has 1 aliphatic heterocycles. The summed E-state index contributed by atoms with van der Waals surface area (Å²) < 4.78 is 0.